The van der Waals surface area contributed by atoms with E-state index in [1.807, 2.05) is 48.9 Å². The van der Waals surface area contributed by atoms with Gasteiger partial charge in [-0.25, -0.2) is 14.3 Å². The molecule has 3 saturated heterocycles. The molecular formula is C53H83N3O16S. The van der Waals surface area contributed by atoms with Gasteiger partial charge in [0, 0.05) is 72.1 Å². The van der Waals surface area contributed by atoms with Crippen LogP contribution >= 0.6 is 0 Å². The first-order valence-electron chi connectivity index (χ1n) is 25.7. The fourth-order valence-corrected chi connectivity index (χ4v) is 11.5. The molecule has 0 aromatic rings. The van der Waals surface area contributed by atoms with Crippen LogP contribution in [0.3, 0.4) is 0 Å². The van der Waals surface area contributed by atoms with Gasteiger partial charge in [0.25, 0.3) is 11.7 Å². The molecule has 0 aromatic carbocycles. The van der Waals surface area contributed by atoms with E-state index in [9.17, 15) is 47.4 Å². The van der Waals surface area contributed by atoms with Gasteiger partial charge in [0.1, 0.15) is 36.2 Å². The number of fused-ring (bicyclic) bond motifs is 4. The quantitative estimate of drug-likeness (QED) is 0.150. The Kier molecular flexibility index (Phi) is 23.2. The number of nitrogens with one attached hydrogen (secondary N) is 1. The van der Waals surface area contributed by atoms with Gasteiger partial charge >= 0.3 is 22.3 Å². The molecule has 4 fully saturated rings. The molecule has 19 nitrogen and oxygen atoms in total. The van der Waals surface area contributed by atoms with E-state index in [2.05, 4.69) is 0 Å². The summed E-state index contributed by atoms with van der Waals surface area (Å²) in [6, 6.07) is -1.20. The number of ketones is 3. The smallest absolute Gasteiger partial charge is 0.422 e. The normalized spacial score (nSPS) is 38.2. The number of hydrogen-bond acceptors (Lipinski definition) is 16. The van der Waals surface area contributed by atoms with Crippen LogP contribution in [0.25, 0.3) is 0 Å². The summed E-state index contributed by atoms with van der Waals surface area (Å²) in [7, 11) is 2.24. The highest BCUT2D eigenvalue weighted by Crippen LogP contribution is 2.45. The summed E-state index contributed by atoms with van der Waals surface area (Å²) < 4.78 is 56.6. The van der Waals surface area contributed by atoms with Gasteiger partial charge in [-0.2, -0.15) is 12.7 Å². The molecule has 412 valence electrons. The molecule has 5 rings (SSSR count). The van der Waals surface area contributed by atoms with Crippen LogP contribution in [0.5, 0.6) is 0 Å². The molecule has 4 aliphatic heterocycles. The minimum Gasteiger partial charge on any atom is -0.460 e. The number of nitrogens with zero attached hydrogens (tertiary/aromatic N) is 2. The fraction of sp³-hybridized carbons (Fsp3) is 0.736. The van der Waals surface area contributed by atoms with Crippen LogP contribution in [0, 0.1) is 41.4 Å². The SMILES string of the molecule is CO.COC1CC(C[C@H]2C3CCCN4C(=O)C(=O)C5(O)O[C@H](CC/C(C)=C/C=C/C=C/[C@@H](C)CC(C)C(=O)[C@H](OC)C(O)/C(C)=C/[C@@H](C)C(=O)C[C@@H]2OC(=O)C34)CCC5C)CC[C@H]1OC(=O)NS(=O)(=O)N(C)C. The number of esters is 1. The third-order valence-corrected chi connectivity index (χ3v) is 16.8. The number of allylic oxidation sites excluding steroid dienone is 7. The minimum atomic E-state index is -4.12. The Morgan fingerprint density at radius 1 is 0.918 bits per heavy atom. The predicted molar refractivity (Wildman–Crippen MR) is 270 cm³/mol. The highest BCUT2D eigenvalue weighted by atomic mass is 32.2. The van der Waals surface area contributed by atoms with Crippen LogP contribution in [0.15, 0.2) is 47.6 Å². The summed E-state index contributed by atoms with van der Waals surface area (Å²) in [5, 5.41) is 30.5. The van der Waals surface area contributed by atoms with Gasteiger partial charge in [-0.3, -0.25) is 19.2 Å². The number of piperidine rings is 1. The molecule has 0 spiro atoms. The Morgan fingerprint density at radius 3 is 2.27 bits per heavy atom. The zero-order valence-electron chi connectivity index (χ0n) is 44.7. The number of Topliss-reactive ketones (excluding diaryl/α,β-unsaturated/α-hetero) is 3. The molecule has 15 atom stereocenters. The fourth-order valence-electron chi connectivity index (χ4n) is 11.1. The van der Waals surface area contributed by atoms with Gasteiger partial charge < -0.3 is 43.9 Å². The third kappa shape index (κ3) is 15.7. The Bertz CT molecular complexity index is 2180. The maximum atomic E-state index is 14.5. The summed E-state index contributed by atoms with van der Waals surface area (Å²) in [6.45, 7) is 10.8. The second-order valence-electron chi connectivity index (χ2n) is 21.0. The molecule has 73 heavy (non-hydrogen) atoms. The lowest BCUT2D eigenvalue weighted by atomic mass is 9.68. The van der Waals surface area contributed by atoms with E-state index in [4.69, 9.17) is 28.8 Å². The van der Waals surface area contributed by atoms with E-state index >= 15 is 0 Å². The second kappa shape index (κ2) is 27.6. The van der Waals surface area contributed by atoms with E-state index in [0.717, 1.165) is 17.0 Å². The van der Waals surface area contributed by atoms with Crippen molar-refractivity contribution in [2.24, 2.45) is 41.4 Å². The van der Waals surface area contributed by atoms with E-state index in [1.165, 1.54) is 33.2 Å². The number of aliphatic hydroxyl groups is 3. The number of ether oxygens (including phenoxy) is 5. The van der Waals surface area contributed by atoms with Crippen molar-refractivity contribution in [3.8, 4) is 0 Å². The lowest BCUT2D eigenvalue weighted by Crippen LogP contribution is -2.65. The monoisotopic (exact) mass is 1050 g/mol. The maximum absolute atomic E-state index is 14.5. The number of methoxy groups -OCH3 is 2. The molecular weight excluding hydrogens is 967 g/mol. The van der Waals surface area contributed by atoms with E-state index in [1.54, 1.807) is 33.8 Å². The van der Waals surface area contributed by atoms with Crippen molar-refractivity contribution in [3.05, 3.63) is 47.6 Å². The van der Waals surface area contributed by atoms with Gasteiger partial charge in [-0.1, -0.05) is 69.7 Å². The van der Waals surface area contributed by atoms with Crippen molar-refractivity contribution in [1.82, 2.24) is 13.9 Å². The highest BCUT2D eigenvalue weighted by Gasteiger charge is 2.57. The zero-order valence-corrected chi connectivity index (χ0v) is 45.5. The van der Waals surface area contributed by atoms with E-state index in [-0.39, 0.29) is 36.4 Å². The summed E-state index contributed by atoms with van der Waals surface area (Å²) in [5.74, 6) is -9.13. The van der Waals surface area contributed by atoms with E-state index in [0.29, 0.717) is 76.2 Å². The maximum Gasteiger partial charge on any atom is 0.422 e. The van der Waals surface area contributed by atoms with Crippen LogP contribution in [-0.4, -0.2) is 159 Å². The summed E-state index contributed by atoms with van der Waals surface area (Å²) >= 11 is 0. The van der Waals surface area contributed by atoms with E-state index < -0.39 is 112 Å². The Morgan fingerprint density at radius 2 is 1.62 bits per heavy atom. The van der Waals surface area contributed by atoms with Crippen molar-refractivity contribution in [3.63, 3.8) is 0 Å². The number of carbonyl (C=O) groups is 6. The number of aliphatic hydroxyl groups excluding tert-OH is 2. The third-order valence-electron chi connectivity index (χ3n) is 15.5. The molecule has 1 aliphatic carbocycles. The number of hydrogen-bond donors (Lipinski definition) is 4. The van der Waals surface area contributed by atoms with Crippen LogP contribution in [0.4, 0.5) is 4.79 Å². The highest BCUT2D eigenvalue weighted by molar-refractivity contribution is 7.87. The number of rotatable bonds is 7. The molecule has 0 radical (unpaired) electrons. The van der Waals surface area contributed by atoms with Crippen molar-refractivity contribution in [1.29, 1.82) is 0 Å². The molecule has 4 heterocycles. The molecule has 20 heteroatoms. The minimum absolute atomic E-state index is 0.0204. The summed E-state index contributed by atoms with van der Waals surface area (Å²) in [5.41, 5.74) is 1.39. The molecule has 0 aromatic heterocycles. The first-order chi connectivity index (χ1) is 34.4. The molecule has 1 saturated carbocycles. The van der Waals surface area contributed by atoms with Crippen molar-refractivity contribution in [2.45, 2.75) is 167 Å². The zero-order chi connectivity index (χ0) is 54.5. The van der Waals surface area contributed by atoms with Crippen LogP contribution in [-0.2, 0) is 57.9 Å². The molecule has 5 aliphatic rings. The molecule has 4 N–H and O–H groups in total. The number of amides is 2. The second-order valence-corrected chi connectivity index (χ2v) is 22.8. The summed E-state index contributed by atoms with van der Waals surface area (Å²) in [6.07, 6.45) is 9.46. The van der Waals surface area contributed by atoms with Crippen molar-refractivity contribution in [2.75, 3.05) is 42.0 Å². The molecule has 2 amide bonds. The Hall–Kier alpha value is -4.15. The topological polar surface area (TPSA) is 262 Å². The summed E-state index contributed by atoms with van der Waals surface area (Å²) in [4.78, 5) is 85.1. The van der Waals surface area contributed by atoms with Crippen molar-refractivity contribution < 1.29 is 76.2 Å². The van der Waals surface area contributed by atoms with Crippen LogP contribution in [0.1, 0.15) is 119 Å². The van der Waals surface area contributed by atoms with Crippen LogP contribution < -0.4 is 4.72 Å². The predicted octanol–water partition coefficient (Wildman–Crippen LogP) is 4.92. The first-order valence-corrected chi connectivity index (χ1v) is 27.2. The van der Waals surface area contributed by atoms with Gasteiger partial charge in [0.05, 0.1) is 12.2 Å². The first kappa shape index (κ1) is 61.4. The average molecular weight is 1050 g/mol. The Labute approximate surface area is 432 Å². The molecule has 8 unspecified atom stereocenters. The van der Waals surface area contributed by atoms with Gasteiger partial charge in [-0.05, 0) is 108 Å². The number of carbonyl (C=O) groups excluding carboxylic acids is 6. The lowest BCUT2D eigenvalue weighted by molar-refractivity contribution is -0.263. The lowest BCUT2D eigenvalue weighted by Gasteiger charge is -2.50. The van der Waals surface area contributed by atoms with Gasteiger partial charge in [0.15, 0.2) is 5.78 Å². The van der Waals surface area contributed by atoms with Crippen molar-refractivity contribution >= 4 is 45.5 Å². The van der Waals surface area contributed by atoms with Crippen LogP contribution in [0.2, 0.25) is 0 Å². The van der Waals surface area contributed by atoms with Gasteiger partial charge in [-0.15, -0.1) is 0 Å². The molecule has 4 bridgehead atoms. The largest absolute Gasteiger partial charge is 0.460 e. The van der Waals surface area contributed by atoms with Gasteiger partial charge in [0.2, 0.25) is 5.79 Å². The Balaban J connectivity index is 0.00000570. The standard InChI is InChI=1S/C52H79N3O15S.CH4O/c1-30-15-12-11-13-16-31(2)25-33(4)45(57)47(67-10)46(58)34(5)26-32(3)40(56)29-42-39(27-36-20-23-41(43(28-36)66-9)69-51(62)53-71(64,65)54(7)8)38-17-14-24-55(44(38)50(61)68-42)49(60)48(59)52(63)35(6)19-22-37(70-52)21-18-30;1-2/h11-13,15-16,26,31-33,35-39,41-44,46-47,58,63H,14,17-25,27-29H2,1-10H3,(H,53,62);2H,1H3/b12-11+,16-13+,30-15+,34-26+;/t31-,32-,33?,35?,36?,37-,38?,39+,41-,42+,43?,44?,46?,47+,52?;/m1./s1. The average Bonchev–Trinajstić information content (AvgIpc) is 3.35.